The maximum Gasteiger partial charge on any atom is 0.318 e. The molecule has 0 N–H and O–H groups in total. The van der Waals surface area contributed by atoms with Crippen LogP contribution in [0.15, 0.2) is 0 Å². The zero-order valence-electron chi connectivity index (χ0n) is 9.42. The van der Waals surface area contributed by atoms with Crippen LogP contribution in [0.2, 0.25) is 0 Å². The quantitative estimate of drug-likeness (QED) is 0.676. The third kappa shape index (κ3) is 4.65. The van der Waals surface area contributed by atoms with Gasteiger partial charge in [-0.25, -0.2) is 0 Å². The summed E-state index contributed by atoms with van der Waals surface area (Å²) < 4.78 is 4.56. The Labute approximate surface area is 89.6 Å². The second-order valence-electron chi connectivity index (χ2n) is 4.15. The van der Waals surface area contributed by atoms with Gasteiger partial charge in [-0.2, -0.15) is 0 Å². The molecular formula is C10H18O3S. The van der Waals surface area contributed by atoms with Crippen LogP contribution in [0.1, 0.15) is 27.7 Å². The Morgan fingerprint density at radius 1 is 1.36 bits per heavy atom. The average Bonchev–Trinajstić information content (AvgIpc) is 2.10. The van der Waals surface area contributed by atoms with Crippen LogP contribution in [-0.4, -0.2) is 29.9 Å². The first-order valence-corrected chi connectivity index (χ1v) is 5.56. The highest BCUT2D eigenvalue weighted by Gasteiger charge is 2.23. The standard InChI is InChI=1S/C10H18O3S/c1-7(9(12)13-5)14-6-8(11)10(2,3)4/h7H,6H2,1-5H3. The normalized spacial score (nSPS) is 13.5. The van der Waals surface area contributed by atoms with E-state index in [1.807, 2.05) is 20.8 Å². The van der Waals surface area contributed by atoms with Crippen molar-refractivity contribution in [1.82, 2.24) is 0 Å². The van der Waals surface area contributed by atoms with E-state index in [2.05, 4.69) is 4.74 Å². The van der Waals surface area contributed by atoms with Gasteiger partial charge in [0.25, 0.3) is 0 Å². The molecule has 1 unspecified atom stereocenters. The number of rotatable bonds is 4. The topological polar surface area (TPSA) is 43.4 Å². The van der Waals surface area contributed by atoms with Crippen molar-refractivity contribution in [3.05, 3.63) is 0 Å². The lowest BCUT2D eigenvalue weighted by atomic mass is 9.92. The summed E-state index contributed by atoms with van der Waals surface area (Å²) in [6.45, 7) is 7.36. The van der Waals surface area contributed by atoms with Gasteiger partial charge in [0.1, 0.15) is 5.78 Å². The van der Waals surface area contributed by atoms with Crippen LogP contribution in [-0.2, 0) is 14.3 Å². The summed E-state index contributed by atoms with van der Waals surface area (Å²) in [7, 11) is 1.35. The molecule has 0 rings (SSSR count). The van der Waals surface area contributed by atoms with Gasteiger partial charge in [-0.05, 0) is 6.92 Å². The second-order valence-corrected chi connectivity index (χ2v) is 5.48. The highest BCUT2D eigenvalue weighted by atomic mass is 32.2. The largest absolute Gasteiger partial charge is 0.468 e. The number of hydrogen-bond acceptors (Lipinski definition) is 4. The zero-order valence-corrected chi connectivity index (χ0v) is 10.2. The molecule has 0 spiro atoms. The Morgan fingerprint density at radius 3 is 2.21 bits per heavy atom. The molecular weight excluding hydrogens is 200 g/mol. The SMILES string of the molecule is COC(=O)C(C)SCC(=O)C(C)(C)C. The number of ketones is 1. The molecule has 0 heterocycles. The average molecular weight is 218 g/mol. The van der Waals surface area contributed by atoms with E-state index < -0.39 is 0 Å². The second kappa shape index (κ2) is 5.39. The maximum absolute atomic E-state index is 11.5. The molecule has 0 saturated heterocycles. The molecule has 0 radical (unpaired) electrons. The summed E-state index contributed by atoms with van der Waals surface area (Å²) >= 11 is 1.32. The number of esters is 1. The third-order valence-corrected chi connectivity index (χ3v) is 2.96. The highest BCUT2D eigenvalue weighted by molar-refractivity contribution is 8.01. The van der Waals surface area contributed by atoms with E-state index in [-0.39, 0.29) is 22.4 Å². The molecule has 0 aliphatic carbocycles. The molecule has 1 atom stereocenters. The molecule has 0 aliphatic heterocycles. The van der Waals surface area contributed by atoms with Crippen LogP contribution >= 0.6 is 11.8 Å². The Balaban J connectivity index is 3.96. The van der Waals surface area contributed by atoms with Crippen molar-refractivity contribution in [3.8, 4) is 0 Å². The molecule has 0 aliphatic rings. The van der Waals surface area contributed by atoms with Crippen LogP contribution in [0, 0.1) is 5.41 Å². The number of carbonyl (C=O) groups excluding carboxylic acids is 2. The number of hydrogen-bond donors (Lipinski definition) is 0. The van der Waals surface area contributed by atoms with Gasteiger partial charge in [-0.15, -0.1) is 11.8 Å². The minimum Gasteiger partial charge on any atom is -0.468 e. The monoisotopic (exact) mass is 218 g/mol. The van der Waals surface area contributed by atoms with E-state index in [0.29, 0.717) is 5.75 Å². The van der Waals surface area contributed by atoms with E-state index in [0.717, 1.165) is 0 Å². The van der Waals surface area contributed by atoms with Crippen molar-refractivity contribution in [2.24, 2.45) is 5.41 Å². The number of Topliss-reactive ketones (excluding diaryl/α,β-unsaturated/α-hetero) is 1. The van der Waals surface area contributed by atoms with Crippen molar-refractivity contribution in [2.75, 3.05) is 12.9 Å². The zero-order chi connectivity index (χ0) is 11.4. The molecule has 82 valence electrons. The van der Waals surface area contributed by atoms with Crippen LogP contribution in [0.25, 0.3) is 0 Å². The Bertz CT molecular complexity index is 218. The summed E-state index contributed by atoms with van der Waals surface area (Å²) in [5.41, 5.74) is -0.331. The summed E-state index contributed by atoms with van der Waals surface area (Å²) in [4.78, 5) is 22.5. The first-order chi connectivity index (χ1) is 6.29. The molecule has 0 aromatic heterocycles. The van der Waals surface area contributed by atoms with Crippen molar-refractivity contribution < 1.29 is 14.3 Å². The predicted molar refractivity (Wildman–Crippen MR) is 58.4 cm³/mol. The molecule has 3 nitrogen and oxygen atoms in total. The summed E-state index contributed by atoms with van der Waals surface area (Å²) in [5.74, 6) is 0.231. The van der Waals surface area contributed by atoms with Gasteiger partial charge in [0.15, 0.2) is 0 Å². The van der Waals surface area contributed by atoms with Gasteiger partial charge in [-0.1, -0.05) is 20.8 Å². The first-order valence-electron chi connectivity index (χ1n) is 4.51. The maximum atomic E-state index is 11.5. The molecule has 0 aromatic carbocycles. The third-order valence-electron chi connectivity index (χ3n) is 1.83. The van der Waals surface area contributed by atoms with Crippen LogP contribution in [0.3, 0.4) is 0 Å². The van der Waals surface area contributed by atoms with Crippen molar-refractivity contribution in [3.63, 3.8) is 0 Å². The lowest BCUT2D eigenvalue weighted by Gasteiger charge is -2.17. The highest BCUT2D eigenvalue weighted by Crippen LogP contribution is 2.20. The van der Waals surface area contributed by atoms with E-state index >= 15 is 0 Å². The molecule has 4 heteroatoms. The Hall–Kier alpha value is -0.510. The van der Waals surface area contributed by atoms with Crippen LogP contribution in [0.4, 0.5) is 0 Å². The lowest BCUT2D eigenvalue weighted by Crippen LogP contribution is -2.24. The fraction of sp³-hybridized carbons (Fsp3) is 0.800. The molecule has 0 bridgehead atoms. The van der Waals surface area contributed by atoms with Crippen molar-refractivity contribution >= 4 is 23.5 Å². The van der Waals surface area contributed by atoms with E-state index in [4.69, 9.17) is 0 Å². The van der Waals surface area contributed by atoms with E-state index in [1.54, 1.807) is 6.92 Å². The van der Waals surface area contributed by atoms with Gasteiger partial charge < -0.3 is 4.74 Å². The number of methoxy groups -OCH3 is 1. The van der Waals surface area contributed by atoms with Crippen molar-refractivity contribution in [1.29, 1.82) is 0 Å². The first kappa shape index (κ1) is 13.5. The van der Waals surface area contributed by atoms with Gasteiger partial charge in [-0.3, -0.25) is 9.59 Å². The fourth-order valence-electron chi connectivity index (χ4n) is 0.651. The van der Waals surface area contributed by atoms with Gasteiger partial charge in [0.05, 0.1) is 18.1 Å². The van der Waals surface area contributed by atoms with E-state index in [9.17, 15) is 9.59 Å². The summed E-state index contributed by atoms with van der Waals surface area (Å²) in [5, 5.41) is -0.272. The molecule has 0 aromatic rings. The molecule has 14 heavy (non-hydrogen) atoms. The minimum atomic E-state index is -0.331. The smallest absolute Gasteiger partial charge is 0.318 e. The fourth-order valence-corrected chi connectivity index (χ4v) is 1.72. The number of carbonyl (C=O) groups is 2. The molecule has 0 amide bonds. The predicted octanol–water partition coefficient (Wildman–Crippen LogP) is 1.90. The van der Waals surface area contributed by atoms with Crippen LogP contribution in [0.5, 0.6) is 0 Å². The molecule has 0 fully saturated rings. The Morgan fingerprint density at radius 2 is 1.86 bits per heavy atom. The van der Waals surface area contributed by atoms with Gasteiger partial charge >= 0.3 is 5.97 Å². The lowest BCUT2D eigenvalue weighted by molar-refractivity contribution is -0.139. The minimum absolute atomic E-state index is 0.151. The van der Waals surface area contributed by atoms with Gasteiger partial charge in [0, 0.05) is 5.41 Å². The van der Waals surface area contributed by atoms with E-state index in [1.165, 1.54) is 18.9 Å². The molecule has 0 saturated carbocycles. The summed E-state index contributed by atoms with van der Waals surface area (Å²) in [6.07, 6.45) is 0. The number of ether oxygens (including phenoxy) is 1. The van der Waals surface area contributed by atoms with Gasteiger partial charge in [0.2, 0.25) is 0 Å². The van der Waals surface area contributed by atoms with Crippen LogP contribution < -0.4 is 0 Å². The van der Waals surface area contributed by atoms with Crippen molar-refractivity contribution in [2.45, 2.75) is 32.9 Å². The summed E-state index contributed by atoms with van der Waals surface area (Å²) in [6, 6.07) is 0. The number of thioether (sulfide) groups is 1. The Kier molecular flexibility index (Phi) is 5.19.